The first kappa shape index (κ1) is 9.43. The van der Waals surface area contributed by atoms with Gasteiger partial charge in [0, 0.05) is 0 Å². The van der Waals surface area contributed by atoms with Gasteiger partial charge in [0.05, 0.1) is 5.92 Å². The monoisotopic (exact) mass is 145 g/mol. The zero-order valence-corrected chi connectivity index (χ0v) is 6.97. The van der Waals surface area contributed by atoms with Gasteiger partial charge >= 0.3 is 5.97 Å². The fraction of sp³-hybridized carbons (Fsp3) is 0.857. The second-order valence-corrected chi connectivity index (χ2v) is 3.52. The van der Waals surface area contributed by atoms with E-state index in [0.29, 0.717) is 0 Å². The number of carbonyl (C=O) groups is 1. The van der Waals surface area contributed by atoms with Gasteiger partial charge in [0.1, 0.15) is 0 Å². The second-order valence-electron chi connectivity index (χ2n) is 3.52. The van der Waals surface area contributed by atoms with Crippen LogP contribution in [0.4, 0.5) is 0 Å². The van der Waals surface area contributed by atoms with Crippen molar-refractivity contribution in [1.82, 2.24) is 0 Å². The Balaban J connectivity index is 4.08. The molecule has 3 nitrogen and oxygen atoms in total. The predicted octanol–water partition coefficient (Wildman–Crippen LogP) is 1.09. The van der Waals surface area contributed by atoms with E-state index < -0.39 is 0 Å². The first-order valence-corrected chi connectivity index (χ1v) is 3.30. The van der Waals surface area contributed by atoms with Gasteiger partial charge in [0.2, 0.25) is 0 Å². The Hall–Kier alpha value is -0.570. The Labute approximate surface area is 61.5 Å². The molecule has 0 fully saturated rings. The second kappa shape index (κ2) is 3.01. The summed E-state index contributed by atoms with van der Waals surface area (Å²) in [4.78, 5) is 14.9. The van der Waals surface area contributed by atoms with Crippen molar-refractivity contribution in [3.63, 3.8) is 0 Å². The molecule has 0 rings (SSSR count). The third-order valence-corrected chi connectivity index (χ3v) is 1.77. The molecule has 0 saturated heterocycles. The summed E-state index contributed by atoms with van der Waals surface area (Å²) in [5, 5.41) is 0. The molecular formula is C7H15NO2. The van der Waals surface area contributed by atoms with Crippen molar-refractivity contribution in [2.45, 2.75) is 27.7 Å². The minimum Gasteiger partial charge on any atom is -0.373 e. The summed E-state index contributed by atoms with van der Waals surface area (Å²) in [7, 11) is 0. The van der Waals surface area contributed by atoms with Crippen molar-refractivity contribution in [1.29, 1.82) is 0 Å². The van der Waals surface area contributed by atoms with Crippen molar-refractivity contribution in [2.24, 2.45) is 17.2 Å². The van der Waals surface area contributed by atoms with Gasteiger partial charge in [0.15, 0.2) is 0 Å². The molecule has 0 heterocycles. The Kier molecular flexibility index (Phi) is 2.84. The van der Waals surface area contributed by atoms with E-state index in [-0.39, 0.29) is 17.3 Å². The zero-order valence-electron chi connectivity index (χ0n) is 6.97. The maximum Gasteiger partial charge on any atom is 0.327 e. The Bertz CT molecular complexity index is 126. The number of rotatable bonds is 1. The molecule has 0 amide bonds. The minimum absolute atomic E-state index is 0.0730. The van der Waals surface area contributed by atoms with Crippen LogP contribution in [-0.2, 0) is 9.63 Å². The Morgan fingerprint density at radius 3 is 2.00 bits per heavy atom. The normalized spacial score (nSPS) is 14.5. The largest absolute Gasteiger partial charge is 0.373 e. The lowest BCUT2D eigenvalue weighted by atomic mass is 9.82. The van der Waals surface area contributed by atoms with E-state index in [9.17, 15) is 4.79 Å². The maximum absolute atomic E-state index is 10.8. The number of hydrogen-bond acceptors (Lipinski definition) is 3. The highest BCUT2D eigenvalue weighted by atomic mass is 16.7. The minimum atomic E-state index is -0.354. The van der Waals surface area contributed by atoms with Crippen LogP contribution in [0.15, 0.2) is 0 Å². The lowest BCUT2D eigenvalue weighted by Gasteiger charge is -2.23. The van der Waals surface area contributed by atoms with Gasteiger partial charge in [0.25, 0.3) is 0 Å². The summed E-state index contributed by atoms with van der Waals surface area (Å²) in [5.74, 6) is 4.21. The van der Waals surface area contributed by atoms with Crippen LogP contribution in [0.5, 0.6) is 0 Å². The molecule has 0 aromatic carbocycles. The van der Waals surface area contributed by atoms with Crippen LogP contribution in [0.2, 0.25) is 0 Å². The first-order valence-electron chi connectivity index (χ1n) is 3.30. The van der Waals surface area contributed by atoms with Crippen molar-refractivity contribution >= 4 is 5.97 Å². The molecule has 0 aliphatic rings. The third-order valence-electron chi connectivity index (χ3n) is 1.77. The van der Waals surface area contributed by atoms with Crippen molar-refractivity contribution in [3.8, 4) is 0 Å². The summed E-state index contributed by atoms with van der Waals surface area (Å²) in [6.45, 7) is 7.70. The average molecular weight is 145 g/mol. The molecule has 1 unspecified atom stereocenters. The van der Waals surface area contributed by atoms with E-state index in [1.54, 1.807) is 6.92 Å². The van der Waals surface area contributed by atoms with Crippen molar-refractivity contribution < 1.29 is 9.63 Å². The molecule has 0 aliphatic heterocycles. The Morgan fingerprint density at radius 1 is 1.50 bits per heavy atom. The fourth-order valence-corrected chi connectivity index (χ4v) is 0.456. The molecule has 0 spiro atoms. The predicted molar refractivity (Wildman–Crippen MR) is 38.9 cm³/mol. The van der Waals surface area contributed by atoms with E-state index in [4.69, 9.17) is 5.90 Å². The van der Waals surface area contributed by atoms with Gasteiger partial charge in [-0.1, -0.05) is 27.7 Å². The summed E-state index contributed by atoms with van der Waals surface area (Å²) in [6.07, 6.45) is 0. The molecule has 0 aromatic rings. The summed E-state index contributed by atoms with van der Waals surface area (Å²) in [5.41, 5.74) is -0.0730. The van der Waals surface area contributed by atoms with E-state index in [1.165, 1.54) is 0 Å². The first-order chi connectivity index (χ1) is 4.39. The van der Waals surface area contributed by atoms with Gasteiger partial charge in [-0.3, -0.25) is 4.79 Å². The van der Waals surface area contributed by atoms with Crippen LogP contribution in [-0.4, -0.2) is 5.97 Å². The standard InChI is InChI=1S/C7H15NO2/c1-5(6(9)10-8)7(2,3)4/h5H,8H2,1-4H3. The van der Waals surface area contributed by atoms with E-state index in [0.717, 1.165) is 0 Å². The highest BCUT2D eigenvalue weighted by molar-refractivity contribution is 5.72. The molecule has 0 aliphatic carbocycles. The summed E-state index contributed by atoms with van der Waals surface area (Å²) in [6, 6.07) is 0. The number of carbonyl (C=O) groups excluding carboxylic acids is 1. The van der Waals surface area contributed by atoms with Crippen LogP contribution < -0.4 is 5.90 Å². The van der Waals surface area contributed by atoms with Crippen LogP contribution in [0.3, 0.4) is 0 Å². The van der Waals surface area contributed by atoms with Gasteiger partial charge in [-0.05, 0) is 5.41 Å². The quantitative estimate of drug-likeness (QED) is 0.562. The van der Waals surface area contributed by atoms with E-state index >= 15 is 0 Å². The van der Waals surface area contributed by atoms with Crippen molar-refractivity contribution in [3.05, 3.63) is 0 Å². The molecule has 0 bridgehead atoms. The van der Waals surface area contributed by atoms with Crippen LogP contribution in [0, 0.1) is 11.3 Å². The lowest BCUT2D eigenvalue weighted by molar-refractivity contribution is -0.152. The molecule has 0 aromatic heterocycles. The SMILES string of the molecule is CC(C(=O)ON)C(C)(C)C. The molecule has 1 atom stereocenters. The molecule has 2 N–H and O–H groups in total. The maximum atomic E-state index is 10.8. The van der Waals surface area contributed by atoms with Gasteiger partial charge < -0.3 is 4.84 Å². The summed E-state index contributed by atoms with van der Waals surface area (Å²) < 4.78 is 0. The number of hydrogen-bond donors (Lipinski definition) is 1. The highest BCUT2D eigenvalue weighted by Crippen LogP contribution is 2.25. The molecule has 0 radical (unpaired) electrons. The van der Waals surface area contributed by atoms with Crippen LogP contribution in [0.1, 0.15) is 27.7 Å². The summed E-state index contributed by atoms with van der Waals surface area (Å²) >= 11 is 0. The molecule has 0 saturated carbocycles. The van der Waals surface area contributed by atoms with Gasteiger partial charge in [-0.25, -0.2) is 0 Å². The topological polar surface area (TPSA) is 52.3 Å². The Morgan fingerprint density at radius 2 is 1.90 bits per heavy atom. The van der Waals surface area contributed by atoms with Crippen LogP contribution >= 0.6 is 0 Å². The van der Waals surface area contributed by atoms with E-state index in [2.05, 4.69) is 4.84 Å². The van der Waals surface area contributed by atoms with E-state index in [1.807, 2.05) is 20.8 Å². The lowest BCUT2D eigenvalue weighted by Crippen LogP contribution is -2.29. The van der Waals surface area contributed by atoms with Crippen LogP contribution in [0.25, 0.3) is 0 Å². The zero-order chi connectivity index (χ0) is 8.36. The van der Waals surface area contributed by atoms with Gasteiger partial charge in [-0.15, -0.1) is 0 Å². The van der Waals surface area contributed by atoms with Crippen molar-refractivity contribution in [2.75, 3.05) is 0 Å². The molecule has 3 heteroatoms. The van der Waals surface area contributed by atoms with Gasteiger partial charge in [-0.2, -0.15) is 5.90 Å². The molecule has 60 valence electrons. The highest BCUT2D eigenvalue weighted by Gasteiger charge is 2.27. The average Bonchev–Trinajstić information content (AvgIpc) is 1.83. The molecule has 10 heavy (non-hydrogen) atoms. The third kappa shape index (κ3) is 2.35. The fourth-order valence-electron chi connectivity index (χ4n) is 0.456. The molecular weight excluding hydrogens is 130 g/mol. The smallest absolute Gasteiger partial charge is 0.327 e. The number of nitrogens with two attached hydrogens (primary N) is 1.